The van der Waals surface area contributed by atoms with Crippen molar-refractivity contribution in [2.24, 2.45) is 4.99 Å². The SMILES string of the molecule is CCCNC(=NCc1ccc([N+](=O)[O-])cc1)NCCCN1CCCCCC1=O. The van der Waals surface area contributed by atoms with Crippen LogP contribution in [0.5, 0.6) is 0 Å². The van der Waals surface area contributed by atoms with E-state index in [9.17, 15) is 14.9 Å². The summed E-state index contributed by atoms with van der Waals surface area (Å²) in [5, 5.41) is 17.3. The Labute approximate surface area is 166 Å². The molecule has 1 aromatic carbocycles. The van der Waals surface area contributed by atoms with Crippen LogP contribution in [0.4, 0.5) is 5.69 Å². The average molecular weight is 390 g/mol. The van der Waals surface area contributed by atoms with Crippen molar-refractivity contribution < 1.29 is 9.72 Å². The molecule has 1 fully saturated rings. The van der Waals surface area contributed by atoms with Crippen LogP contribution < -0.4 is 10.6 Å². The third-order valence-electron chi connectivity index (χ3n) is 4.68. The maximum atomic E-state index is 12.0. The van der Waals surface area contributed by atoms with Crippen molar-refractivity contribution in [2.75, 3.05) is 26.2 Å². The Balaban J connectivity index is 1.81. The molecule has 0 saturated carbocycles. The smallest absolute Gasteiger partial charge is 0.269 e. The number of carbonyl (C=O) groups is 1. The number of amides is 1. The highest BCUT2D eigenvalue weighted by Gasteiger charge is 2.15. The normalized spacial score (nSPS) is 15.2. The van der Waals surface area contributed by atoms with Gasteiger partial charge in [0.15, 0.2) is 5.96 Å². The van der Waals surface area contributed by atoms with Gasteiger partial charge in [-0.25, -0.2) is 4.99 Å². The third-order valence-corrected chi connectivity index (χ3v) is 4.68. The number of nitro benzene ring substituents is 1. The molecule has 28 heavy (non-hydrogen) atoms. The summed E-state index contributed by atoms with van der Waals surface area (Å²) in [6, 6.07) is 6.44. The van der Waals surface area contributed by atoms with Crippen LogP contribution in [0.2, 0.25) is 0 Å². The summed E-state index contributed by atoms with van der Waals surface area (Å²) in [4.78, 5) is 28.9. The second kappa shape index (κ2) is 11.9. The molecule has 2 rings (SSSR count). The molecule has 0 aliphatic carbocycles. The second-order valence-corrected chi connectivity index (χ2v) is 6.99. The van der Waals surface area contributed by atoms with Crippen LogP contribution in [0.3, 0.4) is 0 Å². The zero-order valence-electron chi connectivity index (χ0n) is 16.7. The predicted molar refractivity (Wildman–Crippen MR) is 110 cm³/mol. The number of nitro groups is 1. The molecular formula is C20H31N5O3. The minimum absolute atomic E-state index is 0.0817. The van der Waals surface area contributed by atoms with E-state index in [1.54, 1.807) is 12.1 Å². The topological polar surface area (TPSA) is 99.9 Å². The van der Waals surface area contributed by atoms with Gasteiger partial charge in [-0.1, -0.05) is 25.5 Å². The zero-order valence-corrected chi connectivity index (χ0v) is 16.7. The number of hydrogen-bond acceptors (Lipinski definition) is 4. The van der Waals surface area contributed by atoms with E-state index < -0.39 is 4.92 Å². The van der Waals surface area contributed by atoms with Crippen LogP contribution >= 0.6 is 0 Å². The summed E-state index contributed by atoms with van der Waals surface area (Å²) >= 11 is 0. The second-order valence-electron chi connectivity index (χ2n) is 6.99. The number of benzene rings is 1. The molecule has 2 N–H and O–H groups in total. The minimum Gasteiger partial charge on any atom is -0.356 e. The van der Waals surface area contributed by atoms with Crippen LogP contribution in [0.25, 0.3) is 0 Å². The molecule has 0 spiro atoms. The van der Waals surface area contributed by atoms with E-state index in [1.165, 1.54) is 12.1 Å². The molecule has 0 bridgehead atoms. The average Bonchev–Trinajstić information content (AvgIpc) is 2.91. The van der Waals surface area contributed by atoms with E-state index in [1.807, 2.05) is 4.90 Å². The number of hydrogen-bond donors (Lipinski definition) is 2. The van der Waals surface area contributed by atoms with Crippen molar-refractivity contribution >= 4 is 17.6 Å². The highest BCUT2D eigenvalue weighted by molar-refractivity contribution is 5.79. The number of nitrogens with zero attached hydrogens (tertiary/aromatic N) is 3. The van der Waals surface area contributed by atoms with E-state index >= 15 is 0 Å². The first kappa shape index (κ1) is 21.7. The molecule has 0 radical (unpaired) electrons. The first-order chi connectivity index (χ1) is 13.6. The predicted octanol–water partition coefficient (Wildman–Crippen LogP) is 2.83. The largest absolute Gasteiger partial charge is 0.356 e. The van der Waals surface area contributed by atoms with Gasteiger partial charge in [-0.3, -0.25) is 14.9 Å². The van der Waals surface area contributed by atoms with Crippen molar-refractivity contribution in [1.29, 1.82) is 0 Å². The summed E-state index contributed by atoms with van der Waals surface area (Å²) < 4.78 is 0. The van der Waals surface area contributed by atoms with E-state index in [0.29, 0.717) is 13.0 Å². The molecule has 1 saturated heterocycles. The first-order valence-corrected chi connectivity index (χ1v) is 10.1. The number of likely N-dealkylation sites (tertiary alicyclic amines) is 1. The van der Waals surface area contributed by atoms with Gasteiger partial charge in [0.1, 0.15) is 0 Å². The van der Waals surface area contributed by atoms with Gasteiger partial charge in [0.2, 0.25) is 5.91 Å². The Kier molecular flexibility index (Phi) is 9.24. The molecule has 0 atom stereocenters. The molecule has 0 unspecified atom stereocenters. The van der Waals surface area contributed by atoms with Gasteiger partial charge in [0, 0.05) is 44.7 Å². The summed E-state index contributed by atoms with van der Waals surface area (Å²) in [6.45, 7) is 5.73. The molecule has 154 valence electrons. The summed E-state index contributed by atoms with van der Waals surface area (Å²) in [6.07, 6.45) is 5.78. The molecule has 8 heteroatoms. The van der Waals surface area contributed by atoms with Gasteiger partial charge in [-0.2, -0.15) is 0 Å². The molecule has 0 aromatic heterocycles. The van der Waals surface area contributed by atoms with Gasteiger partial charge in [0.25, 0.3) is 5.69 Å². The van der Waals surface area contributed by atoms with Crippen LogP contribution in [0.15, 0.2) is 29.3 Å². The standard InChI is InChI=1S/C20H31N5O3/c1-2-12-21-20(23-16-17-8-10-18(11-9-17)25(27)28)22-13-6-15-24-14-5-3-4-7-19(24)26/h8-11H,2-7,12-16H2,1H3,(H2,21,22,23). The Morgan fingerprint density at radius 3 is 2.64 bits per heavy atom. The van der Waals surface area contributed by atoms with Crippen molar-refractivity contribution in [3.8, 4) is 0 Å². The quantitative estimate of drug-likeness (QED) is 0.222. The van der Waals surface area contributed by atoms with Crippen LogP contribution in [-0.2, 0) is 11.3 Å². The maximum absolute atomic E-state index is 12.0. The molecule has 8 nitrogen and oxygen atoms in total. The lowest BCUT2D eigenvalue weighted by atomic mass is 10.2. The zero-order chi connectivity index (χ0) is 20.2. The highest BCUT2D eigenvalue weighted by atomic mass is 16.6. The fraction of sp³-hybridized carbons (Fsp3) is 0.600. The molecule has 1 amide bonds. The number of carbonyl (C=O) groups excluding carboxylic acids is 1. The van der Waals surface area contributed by atoms with Crippen molar-refractivity contribution in [3.63, 3.8) is 0 Å². The Morgan fingerprint density at radius 2 is 1.93 bits per heavy atom. The Hall–Kier alpha value is -2.64. The number of non-ortho nitro benzene ring substituents is 1. The lowest BCUT2D eigenvalue weighted by Crippen LogP contribution is -2.39. The van der Waals surface area contributed by atoms with Crippen molar-refractivity contribution in [3.05, 3.63) is 39.9 Å². The molecule has 1 aliphatic heterocycles. The number of aliphatic imine (C=N–C) groups is 1. The van der Waals surface area contributed by atoms with Crippen LogP contribution in [-0.4, -0.2) is 47.9 Å². The highest BCUT2D eigenvalue weighted by Crippen LogP contribution is 2.13. The molecular weight excluding hydrogens is 358 g/mol. The molecule has 1 aromatic rings. The van der Waals surface area contributed by atoms with Gasteiger partial charge in [0.05, 0.1) is 11.5 Å². The maximum Gasteiger partial charge on any atom is 0.269 e. The Morgan fingerprint density at radius 1 is 1.18 bits per heavy atom. The van der Waals surface area contributed by atoms with E-state index in [2.05, 4.69) is 22.5 Å². The molecule has 1 heterocycles. The van der Waals surface area contributed by atoms with E-state index in [-0.39, 0.29) is 11.6 Å². The van der Waals surface area contributed by atoms with E-state index in [0.717, 1.165) is 69.8 Å². The lowest BCUT2D eigenvalue weighted by Gasteiger charge is -2.20. The van der Waals surface area contributed by atoms with Gasteiger partial charge >= 0.3 is 0 Å². The third kappa shape index (κ3) is 7.54. The Bertz CT molecular complexity index is 660. The van der Waals surface area contributed by atoms with Crippen molar-refractivity contribution in [2.45, 2.75) is 52.0 Å². The van der Waals surface area contributed by atoms with Crippen LogP contribution in [0.1, 0.15) is 51.0 Å². The summed E-state index contributed by atoms with van der Waals surface area (Å²) in [5.41, 5.74) is 0.997. The van der Waals surface area contributed by atoms with Gasteiger partial charge < -0.3 is 15.5 Å². The van der Waals surface area contributed by atoms with Crippen LogP contribution in [0, 0.1) is 10.1 Å². The monoisotopic (exact) mass is 389 g/mol. The minimum atomic E-state index is -0.405. The fourth-order valence-corrected chi connectivity index (χ4v) is 3.06. The number of guanidine groups is 1. The lowest BCUT2D eigenvalue weighted by molar-refractivity contribution is -0.384. The molecule has 1 aliphatic rings. The number of rotatable bonds is 9. The van der Waals surface area contributed by atoms with Gasteiger partial charge in [-0.05, 0) is 31.2 Å². The first-order valence-electron chi connectivity index (χ1n) is 10.1. The number of nitrogens with one attached hydrogen (secondary N) is 2. The summed E-state index contributed by atoms with van der Waals surface area (Å²) in [7, 11) is 0. The summed E-state index contributed by atoms with van der Waals surface area (Å²) in [5.74, 6) is 0.996. The van der Waals surface area contributed by atoms with Gasteiger partial charge in [-0.15, -0.1) is 0 Å². The fourth-order valence-electron chi connectivity index (χ4n) is 3.06. The van der Waals surface area contributed by atoms with E-state index in [4.69, 9.17) is 0 Å². The van der Waals surface area contributed by atoms with Crippen molar-refractivity contribution in [1.82, 2.24) is 15.5 Å².